The van der Waals surface area contributed by atoms with Gasteiger partial charge in [0.25, 0.3) is 5.91 Å². The van der Waals surface area contributed by atoms with Gasteiger partial charge in [0.05, 0.1) is 10.6 Å². The molecule has 5 heteroatoms. The number of anilines is 2. The third-order valence-electron chi connectivity index (χ3n) is 4.48. The second-order valence-electron chi connectivity index (χ2n) is 6.03. The van der Waals surface area contributed by atoms with Crippen LogP contribution in [0.1, 0.15) is 28.9 Å². The summed E-state index contributed by atoms with van der Waals surface area (Å²) in [5.74, 6) is -0.0686. The van der Waals surface area contributed by atoms with E-state index >= 15 is 0 Å². The van der Waals surface area contributed by atoms with E-state index in [0.717, 1.165) is 29.5 Å². The first-order valence-electron chi connectivity index (χ1n) is 8.29. The summed E-state index contributed by atoms with van der Waals surface area (Å²) in [6.07, 6.45) is 7.45. The number of hydrogen-bond acceptors (Lipinski definition) is 4. The Kier molecular flexibility index (Phi) is 4.17. The standard InChI is InChI=1S/C19H19N3OS/c23-19(18-5-4-12-24-18)21-16-6-7-17(22-10-2-1-3-11-22)14-8-9-20-13-15(14)16/h4-9,12-13H,1-3,10-11H2,(H,21,23). The highest BCUT2D eigenvalue weighted by molar-refractivity contribution is 7.12. The summed E-state index contributed by atoms with van der Waals surface area (Å²) < 4.78 is 0. The number of amides is 1. The molecular formula is C19H19N3OS. The van der Waals surface area contributed by atoms with Crippen LogP contribution in [-0.2, 0) is 0 Å². The van der Waals surface area contributed by atoms with Crippen molar-refractivity contribution in [1.29, 1.82) is 0 Å². The number of carbonyl (C=O) groups excluding carboxylic acids is 1. The monoisotopic (exact) mass is 337 g/mol. The number of pyridine rings is 1. The fourth-order valence-electron chi connectivity index (χ4n) is 3.29. The highest BCUT2D eigenvalue weighted by atomic mass is 32.1. The van der Waals surface area contributed by atoms with E-state index in [0.29, 0.717) is 4.88 Å². The molecule has 24 heavy (non-hydrogen) atoms. The van der Waals surface area contributed by atoms with Crippen LogP contribution in [0.25, 0.3) is 10.8 Å². The summed E-state index contributed by atoms with van der Waals surface area (Å²) in [6.45, 7) is 2.19. The zero-order valence-electron chi connectivity index (χ0n) is 13.4. The van der Waals surface area contributed by atoms with Gasteiger partial charge in [-0.25, -0.2) is 0 Å². The van der Waals surface area contributed by atoms with Gasteiger partial charge in [-0.1, -0.05) is 6.07 Å². The number of hydrogen-bond donors (Lipinski definition) is 1. The van der Waals surface area contributed by atoms with E-state index < -0.39 is 0 Å². The minimum Gasteiger partial charge on any atom is -0.371 e. The lowest BCUT2D eigenvalue weighted by Gasteiger charge is -2.30. The summed E-state index contributed by atoms with van der Waals surface area (Å²) in [4.78, 5) is 19.8. The molecule has 122 valence electrons. The Bertz CT molecular complexity index is 854. The average Bonchev–Trinajstić information content (AvgIpc) is 3.17. The van der Waals surface area contributed by atoms with Crippen LogP contribution in [0.4, 0.5) is 11.4 Å². The molecule has 1 saturated heterocycles. The average molecular weight is 337 g/mol. The number of carbonyl (C=O) groups is 1. The molecule has 0 radical (unpaired) electrons. The molecule has 0 bridgehead atoms. The molecule has 1 aromatic carbocycles. The van der Waals surface area contributed by atoms with Crippen molar-refractivity contribution in [2.75, 3.05) is 23.3 Å². The maximum Gasteiger partial charge on any atom is 0.265 e. The molecule has 4 nitrogen and oxygen atoms in total. The zero-order valence-corrected chi connectivity index (χ0v) is 14.2. The smallest absolute Gasteiger partial charge is 0.265 e. The number of nitrogens with one attached hydrogen (secondary N) is 1. The quantitative estimate of drug-likeness (QED) is 0.763. The van der Waals surface area contributed by atoms with Crippen molar-refractivity contribution in [1.82, 2.24) is 4.98 Å². The first-order valence-corrected chi connectivity index (χ1v) is 9.17. The highest BCUT2D eigenvalue weighted by Gasteiger charge is 2.16. The van der Waals surface area contributed by atoms with Gasteiger partial charge in [-0.15, -0.1) is 11.3 Å². The second kappa shape index (κ2) is 6.61. The Morgan fingerprint density at radius 1 is 1.08 bits per heavy atom. The minimum atomic E-state index is -0.0686. The molecular weight excluding hydrogens is 318 g/mol. The molecule has 0 saturated carbocycles. The minimum absolute atomic E-state index is 0.0686. The molecule has 1 aliphatic rings. The molecule has 0 unspecified atom stereocenters. The molecule has 3 aromatic rings. The molecule has 1 fully saturated rings. The van der Waals surface area contributed by atoms with E-state index in [1.165, 1.54) is 36.3 Å². The van der Waals surface area contributed by atoms with Crippen molar-refractivity contribution in [2.24, 2.45) is 0 Å². The van der Waals surface area contributed by atoms with Crippen LogP contribution in [0.2, 0.25) is 0 Å². The number of aromatic nitrogens is 1. The van der Waals surface area contributed by atoms with Crippen molar-refractivity contribution in [2.45, 2.75) is 19.3 Å². The second-order valence-corrected chi connectivity index (χ2v) is 6.98. The molecule has 0 aliphatic carbocycles. The van der Waals surface area contributed by atoms with Crippen LogP contribution in [0.3, 0.4) is 0 Å². The molecule has 0 spiro atoms. The SMILES string of the molecule is O=C(Nc1ccc(N2CCCCC2)c2ccncc12)c1cccs1. The topological polar surface area (TPSA) is 45.2 Å². The van der Waals surface area contributed by atoms with Crippen molar-refractivity contribution < 1.29 is 4.79 Å². The summed E-state index contributed by atoms with van der Waals surface area (Å²) in [5.41, 5.74) is 2.05. The van der Waals surface area contributed by atoms with Gasteiger partial charge in [0.1, 0.15) is 0 Å². The summed E-state index contributed by atoms with van der Waals surface area (Å²) in [5, 5.41) is 7.08. The van der Waals surface area contributed by atoms with Crippen molar-refractivity contribution in [3.05, 3.63) is 53.0 Å². The molecule has 2 aromatic heterocycles. The van der Waals surface area contributed by atoms with Gasteiger partial charge < -0.3 is 10.2 Å². The van der Waals surface area contributed by atoms with E-state index in [-0.39, 0.29) is 5.91 Å². The van der Waals surface area contributed by atoms with Crippen LogP contribution >= 0.6 is 11.3 Å². The Hall–Kier alpha value is -2.40. The Morgan fingerprint density at radius 3 is 2.75 bits per heavy atom. The predicted molar refractivity (Wildman–Crippen MR) is 100 cm³/mol. The van der Waals surface area contributed by atoms with Crippen molar-refractivity contribution in [3.8, 4) is 0 Å². The Morgan fingerprint density at radius 2 is 1.96 bits per heavy atom. The number of piperidine rings is 1. The van der Waals surface area contributed by atoms with E-state index in [4.69, 9.17) is 0 Å². The van der Waals surface area contributed by atoms with Crippen molar-refractivity contribution in [3.63, 3.8) is 0 Å². The summed E-state index contributed by atoms with van der Waals surface area (Å²) in [6, 6.07) is 9.89. The van der Waals surface area contributed by atoms with Gasteiger partial charge in [0, 0.05) is 41.9 Å². The van der Waals surface area contributed by atoms with Crippen molar-refractivity contribution >= 4 is 39.4 Å². The lowest BCUT2D eigenvalue weighted by Crippen LogP contribution is -2.29. The summed E-state index contributed by atoms with van der Waals surface area (Å²) >= 11 is 1.45. The third-order valence-corrected chi connectivity index (χ3v) is 5.35. The van der Waals surface area contributed by atoms with Crippen LogP contribution in [0.15, 0.2) is 48.1 Å². The number of benzene rings is 1. The van der Waals surface area contributed by atoms with Gasteiger partial charge >= 0.3 is 0 Å². The zero-order chi connectivity index (χ0) is 16.4. The molecule has 0 atom stereocenters. The maximum atomic E-state index is 12.4. The number of thiophene rings is 1. The largest absolute Gasteiger partial charge is 0.371 e. The Labute approximate surface area is 145 Å². The number of nitrogens with zero attached hydrogens (tertiary/aromatic N) is 2. The van der Waals surface area contributed by atoms with Crippen LogP contribution in [0.5, 0.6) is 0 Å². The molecule has 4 rings (SSSR count). The first kappa shape index (κ1) is 15.1. The Balaban J connectivity index is 1.71. The molecule has 1 aliphatic heterocycles. The number of rotatable bonds is 3. The van der Waals surface area contributed by atoms with E-state index in [1.807, 2.05) is 42.0 Å². The fourth-order valence-corrected chi connectivity index (χ4v) is 3.90. The van der Waals surface area contributed by atoms with Gasteiger partial charge in [-0.2, -0.15) is 0 Å². The predicted octanol–water partition coefficient (Wildman–Crippen LogP) is 4.54. The van der Waals surface area contributed by atoms with Crippen LogP contribution in [-0.4, -0.2) is 24.0 Å². The van der Waals surface area contributed by atoms with Gasteiger partial charge in [-0.3, -0.25) is 9.78 Å². The van der Waals surface area contributed by atoms with E-state index in [9.17, 15) is 4.79 Å². The first-order chi connectivity index (χ1) is 11.8. The molecule has 3 heterocycles. The molecule has 1 amide bonds. The van der Waals surface area contributed by atoms with Crippen LogP contribution in [0, 0.1) is 0 Å². The fraction of sp³-hybridized carbons (Fsp3) is 0.263. The van der Waals surface area contributed by atoms with E-state index in [1.54, 1.807) is 0 Å². The van der Waals surface area contributed by atoms with E-state index in [2.05, 4.69) is 21.3 Å². The lowest BCUT2D eigenvalue weighted by molar-refractivity contribution is 0.103. The van der Waals surface area contributed by atoms with Crippen LogP contribution < -0.4 is 10.2 Å². The van der Waals surface area contributed by atoms with Gasteiger partial charge in [-0.05, 0) is 48.9 Å². The summed E-state index contributed by atoms with van der Waals surface area (Å²) in [7, 11) is 0. The lowest BCUT2D eigenvalue weighted by atomic mass is 10.1. The maximum absolute atomic E-state index is 12.4. The number of fused-ring (bicyclic) bond motifs is 1. The van der Waals surface area contributed by atoms with Gasteiger partial charge in [0.2, 0.25) is 0 Å². The highest BCUT2D eigenvalue weighted by Crippen LogP contribution is 2.33. The molecule has 1 N–H and O–H groups in total. The van der Waals surface area contributed by atoms with Gasteiger partial charge in [0.15, 0.2) is 0 Å². The third kappa shape index (κ3) is 2.87. The normalized spacial score (nSPS) is 14.8.